The highest BCUT2D eigenvalue weighted by molar-refractivity contribution is 9.10. The molecule has 1 fully saturated rings. The van der Waals surface area contributed by atoms with Gasteiger partial charge in [-0.25, -0.2) is 0 Å². The zero-order chi connectivity index (χ0) is 20.3. The van der Waals surface area contributed by atoms with E-state index in [0.717, 1.165) is 15.6 Å². The van der Waals surface area contributed by atoms with E-state index in [2.05, 4.69) is 15.9 Å². The van der Waals surface area contributed by atoms with Crippen LogP contribution >= 0.6 is 28.1 Å². The first kappa shape index (κ1) is 20.4. The monoisotopic (exact) mass is 460 g/mol. The zero-order valence-corrected chi connectivity index (χ0v) is 18.3. The largest absolute Gasteiger partial charge is 0.490 e. The van der Waals surface area contributed by atoms with E-state index in [1.807, 2.05) is 49.4 Å². The van der Waals surface area contributed by atoms with Gasteiger partial charge in [0, 0.05) is 14.1 Å². The molecule has 1 amide bonds. The highest BCUT2D eigenvalue weighted by atomic mass is 79.9. The van der Waals surface area contributed by atoms with Gasteiger partial charge in [0.1, 0.15) is 12.3 Å². The minimum Gasteiger partial charge on any atom is -0.490 e. The van der Waals surface area contributed by atoms with Gasteiger partial charge in [0.25, 0.3) is 5.91 Å². The van der Waals surface area contributed by atoms with Crippen LogP contribution in [0.2, 0.25) is 0 Å². The first-order valence-corrected chi connectivity index (χ1v) is 10.0. The fourth-order valence-corrected chi connectivity index (χ4v) is 3.61. The molecule has 0 bridgehead atoms. The molecule has 5 nitrogen and oxygen atoms in total. The molecule has 1 heterocycles. The van der Waals surface area contributed by atoms with E-state index in [-0.39, 0.29) is 5.91 Å². The lowest BCUT2D eigenvalue weighted by molar-refractivity contribution is -0.121. The number of likely N-dealkylation sites (N-methyl/N-ethyl adjacent to an activating group) is 2. The quantitative estimate of drug-likeness (QED) is 0.470. The fraction of sp³-hybridized carbons (Fsp3) is 0.238. The molecule has 0 radical (unpaired) electrons. The Morgan fingerprint density at radius 3 is 2.43 bits per heavy atom. The molecule has 2 aromatic rings. The van der Waals surface area contributed by atoms with Gasteiger partial charge in [-0.3, -0.25) is 9.69 Å². The average molecular weight is 461 g/mol. The molecule has 3 rings (SSSR count). The summed E-state index contributed by atoms with van der Waals surface area (Å²) in [5.41, 5.74) is 2.40. The van der Waals surface area contributed by atoms with Crippen molar-refractivity contribution in [2.45, 2.75) is 13.5 Å². The summed E-state index contributed by atoms with van der Waals surface area (Å²) in [5, 5.41) is 0.475. The first-order chi connectivity index (χ1) is 13.4. The second-order valence-electron chi connectivity index (χ2n) is 6.27. The Morgan fingerprint density at radius 2 is 1.82 bits per heavy atom. The third-order valence-corrected chi connectivity index (χ3v) is 5.46. The Hall–Kier alpha value is -2.38. The number of halogens is 1. The highest BCUT2D eigenvalue weighted by Gasteiger charge is 2.32. The van der Waals surface area contributed by atoms with Crippen molar-refractivity contribution in [3.8, 4) is 11.5 Å². The molecule has 1 aliphatic heterocycles. The molecule has 2 aromatic carbocycles. The van der Waals surface area contributed by atoms with Crippen molar-refractivity contribution in [1.82, 2.24) is 9.80 Å². The lowest BCUT2D eigenvalue weighted by Crippen LogP contribution is -2.26. The van der Waals surface area contributed by atoms with Gasteiger partial charge < -0.3 is 14.4 Å². The van der Waals surface area contributed by atoms with E-state index in [4.69, 9.17) is 21.7 Å². The lowest BCUT2D eigenvalue weighted by Gasteiger charge is -2.15. The van der Waals surface area contributed by atoms with Crippen LogP contribution < -0.4 is 9.47 Å². The predicted octanol–water partition coefficient (Wildman–Crippen LogP) is 4.46. The van der Waals surface area contributed by atoms with Gasteiger partial charge in [0.15, 0.2) is 16.6 Å². The van der Waals surface area contributed by atoms with Crippen molar-refractivity contribution in [3.63, 3.8) is 0 Å². The number of carbonyl (C=O) groups excluding carboxylic acids is 1. The second-order valence-corrected chi connectivity index (χ2v) is 7.49. The van der Waals surface area contributed by atoms with Crippen LogP contribution in [0.1, 0.15) is 18.1 Å². The van der Waals surface area contributed by atoms with Gasteiger partial charge in [0.05, 0.1) is 11.1 Å². The summed E-state index contributed by atoms with van der Waals surface area (Å²) < 4.78 is 12.6. The molecule has 0 N–H and O–H groups in total. The van der Waals surface area contributed by atoms with Gasteiger partial charge >= 0.3 is 0 Å². The number of rotatable bonds is 6. The zero-order valence-electron chi connectivity index (χ0n) is 15.9. The van der Waals surface area contributed by atoms with Gasteiger partial charge in [-0.2, -0.15) is 0 Å². The predicted molar refractivity (Wildman–Crippen MR) is 117 cm³/mol. The van der Waals surface area contributed by atoms with Crippen molar-refractivity contribution >= 4 is 45.2 Å². The van der Waals surface area contributed by atoms with Crippen LogP contribution in [0.25, 0.3) is 6.08 Å². The third kappa shape index (κ3) is 4.20. The number of nitrogens with zero attached hydrogens (tertiary/aromatic N) is 2. The normalized spacial score (nSPS) is 15.5. The number of hydrogen-bond acceptors (Lipinski definition) is 4. The molecule has 0 aliphatic carbocycles. The molecule has 146 valence electrons. The first-order valence-electron chi connectivity index (χ1n) is 8.83. The molecular formula is C21H21BrN2O3S. The Kier molecular flexibility index (Phi) is 6.36. The summed E-state index contributed by atoms with van der Waals surface area (Å²) in [6, 6.07) is 13.7. The number of benzene rings is 2. The third-order valence-electron chi connectivity index (χ3n) is 4.32. The molecular weight excluding hydrogens is 440 g/mol. The van der Waals surface area contributed by atoms with Crippen molar-refractivity contribution in [2.75, 3.05) is 20.7 Å². The average Bonchev–Trinajstić information content (AvgIpc) is 2.86. The number of hydrogen-bond donors (Lipinski definition) is 0. The van der Waals surface area contributed by atoms with Gasteiger partial charge in [-0.1, -0.05) is 30.3 Å². The Balaban J connectivity index is 1.91. The van der Waals surface area contributed by atoms with Crippen molar-refractivity contribution in [1.29, 1.82) is 0 Å². The van der Waals surface area contributed by atoms with Crippen molar-refractivity contribution in [2.24, 2.45) is 0 Å². The Morgan fingerprint density at radius 1 is 1.11 bits per heavy atom. The summed E-state index contributed by atoms with van der Waals surface area (Å²) in [5.74, 6) is 1.11. The second kappa shape index (κ2) is 8.75. The Labute approximate surface area is 178 Å². The van der Waals surface area contributed by atoms with Gasteiger partial charge in [-0.15, -0.1) is 0 Å². The van der Waals surface area contributed by atoms with E-state index >= 15 is 0 Å². The molecule has 7 heteroatoms. The minimum atomic E-state index is -0.133. The van der Waals surface area contributed by atoms with E-state index in [9.17, 15) is 4.79 Å². The molecule has 0 saturated carbocycles. The van der Waals surface area contributed by atoms with Crippen LogP contribution in [-0.2, 0) is 11.4 Å². The number of thiocarbonyl (C=S) groups is 1. The molecule has 1 aliphatic rings. The maximum atomic E-state index is 12.4. The Bertz CT molecular complexity index is 931. The van der Waals surface area contributed by atoms with E-state index in [1.165, 1.54) is 4.90 Å². The number of ether oxygens (including phenoxy) is 2. The highest BCUT2D eigenvalue weighted by Crippen LogP contribution is 2.38. The standard InChI is InChI=1S/C21H21BrN2O3S/c1-4-26-18-12-15(11-17-20(25)24(3)21(28)23(17)2)10-16(22)19(18)27-13-14-8-6-5-7-9-14/h5-12H,4,13H2,1-3H3/b17-11-. The van der Waals surface area contributed by atoms with Crippen molar-refractivity contribution in [3.05, 3.63) is 63.8 Å². The summed E-state index contributed by atoms with van der Waals surface area (Å²) in [4.78, 5) is 15.6. The number of carbonyl (C=O) groups is 1. The van der Waals surface area contributed by atoms with Gasteiger partial charge in [-0.05, 0) is 64.4 Å². The van der Waals surface area contributed by atoms with E-state index < -0.39 is 0 Å². The molecule has 1 saturated heterocycles. The SMILES string of the molecule is CCOc1cc(/C=C2/C(=O)N(C)C(=S)N2C)cc(Br)c1OCc1ccccc1. The van der Waals surface area contributed by atoms with Crippen LogP contribution in [0.15, 0.2) is 52.6 Å². The number of amides is 1. The minimum absolute atomic E-state index is 0.133. The van der Waals surface area contributed by atoms with Gasteiger partial charge in [0.2, 0.25) is 0 Å². The van der Waals surface area contributed by atoms with E-state index in [1.54, 1.807) is 25.1 Å². The summed E-state index contributed by atoms with van der Waals surface area (Å²) in [6.07, 6.45) is 1.80. The summed E-state index contributed by atoms with van der Waals surface area (Å²) >= 11 is 8.84. The summed E-state index contributed by atoms with van der Waals surface area (Å²) in [6.45, 7) is 2.85. The maximum Gasteiger partial charge on any atom is 0.276 e. The maximum absolute atomic E-state index is 12.4. The molecule has 0 unspecified atom stereocenters. The molecule has 28 heavy (non-hydrogen) atoms. The molecule has 0 aromatic heterocycles. The van der Waals surface area contributed by atoms with Crippen molar-refractivity contribution < 1.29 is 14.3 Å². The topological polar surface area (TPSA) is 42.0 Å². The molecule has 0 spiro atoms. The molecule has 0 atom stereocenters. The van der Waals surface area contributed by atoms with Crippen LogP contribution in [0.3, 0.4) is 0 Å². The van der Waals surface area contributed by atoms with Crippen LogP contribution in [0, 0.1) is 0 Å². The van der Waals surface area contributed by atoms with Crippen LogP contribution in [0.4, 0.5) is 0 Å². The van der Waals surface area contributed by atoms with E-state index in [0.29, 0.717) is 35.5 Å². The van der Waals surface area contributed by atoms with Crippen LogP contribution in [0.5, 0.6) is 11.5 Å². The lowest BCUT2D eigenvalue weighted by atomic mass is 10.1. The smallest absolute Gasteiger partial charge is 0.276 e. The van der Waals surface area contributed by atoms with Crippen LogP contribution in [-0.4, -0.2) is 41.5 Å². The fourth-order valence-electron chi connectivity index (χ4n) is 2.85. The summed E-state index contributed by atoms with van der Waals surface area (Å²) in [7, 11) is 3.45.